The van der Waals surface area contributed by atoms with Gasteiger partial charge >= 0.3 is 0 Å². The molecule has 4 aliphatic heterocycles. The summed E-state index contributed by atoms with van der Waals surface area (Å²) in [6.45, 7) is 11.8. The number of likely N-dealkylation sites (tertiary alicyclic amines) is 1. The van der Waals surface area contributed by atoms with Crippen LogP contribution in [0.5, 0.6) is 0 Å². The zero-order valence-corrected chi connectivity index (χ0v) is 30.4. The van der Waals surface area contributed by atoms with E-state index in [0.717, 1.165) is 47.7 Å². The van der Waals surface area contributed by atoms with E-state index in [2.05, 4.69) is 47.4 Å². The number of ketones is 1. The molecule has 48 heavy (non-hydrogen) atoms. The predicted octanol–water partition coefficient (Wildman–Crippen LogP) is 5.72. The van der Waals surface area contributed by atoms with E-state index in [1.807, 2.05) is 35.2 Å². The van der Waals surface area contributed by atoms with Crippen LogP contribution in [0.2, 0.25) is 10.2 Å². The first-order chi connectivity index (χ1) is 23.0. The highest BCUT2D eigenvalue weighted by atomic mass is 35.5. The maximum Gasteiger partial charge on any atom is 0.248 e. The van der Waals surface area contributed by atoms with Crippen molar-refractivity contribution in [1.82, 2.24) is 24.6 Å². The Morgan fingerprint density at radius 1 is 1.08 bits per heavy atom. The van der Waals surface area contributed by atoms with E-state index >= 15 is 4.79 Å². The minimum Gasteiger partial charge on any atom is -0.395 e. The lowest BCUT2D eigenvalue weighted by Crippen LogP contribution is -2.62. The summed E-state index contributed by atoms with van der Waals surface area (Å²) < 4.78 is 0. The second-order valence-electron chi connectivity index (χ2n) is 14.4. The number of amides is 1. The number of rotatable bonds is 9. The van der Waals surface area contributed by atoms with Gasteiger partial charge in [-0.25, -0.2) is 9.98 Å². The molecule has 1 amide bonds. The number of halogens is 2. The maximum absolute atomic E-state index is 15.1. The number of piperazine rings is 1. The molecule has 1 aromatic heterocycles. The van der Waals surface area contributed by atoms with E-state index in [0.29, 0.717) is 47.8 Å². The minimum absolute atomic E-state index is 0.0202. The van der Waals surface area contributed by atoms with Crippen LogP contribution in [0.15, 0.2) is 58.2 Å². The quantitative estimate of drug-likeness (QED) is 0.261. The molecule has 2 saturated heterocycles. The number of pyridine rings is 1. The van der Waals surface area contributed by atoms with Crippen molar-refractivity contribution >= 4 is 51.8 Å². The highest BCUT2D eigenvalue weighted by Crippen LogP contribution is 2.56. The zero-order valence-electron chi connectivity index (χ0n) is 28.0. The Bertz CT molecular complexity index is 1650. The number of allylic oxidation sites excluding steroid dienone is 1. The number of Topliss-reactive ketones (excluding diaryl/α,β-unsaturated/α-hetero) is 1. The molecular weight excluding hydrogens is 667 g/mol. The van der Waals surface area contributed by atoms with Gasteiger partial charge in [-0.1, -0.05) is 55.2 Å². The summed E-state index contributed by atoms with van der Waals surface area (Å²) in [4.78, 5) is 48.7. The smallest absolute Gasteiger partial charge is 0.248 e. The SMILES string of the molecule is CC(C)C1=C(C(=O)C(C(=O)N2CCN(CCO)C3(CC3)C2)N2CCC[C@H]2C)SC2=N[C@@](C)(c3ccc(Cl)nc3)[C@@H](c3ccc(Cl)cc3)N21. The number of carbonyl (C=O) groups is 2. The van der Waals surface area contributed by atoms with Gasteiger partial charge in [0.05, 0.1) is 17.6 Å². The monoisotopic (exact) mass is 710 g/mol. The molecule has 7 rings (SSSR count). The highest BCUT2D eigenvalue weighted by molar-refractivity contribution is 8.18. The number of carbonyl (C=O) groups excluding carboxylic acids is 2. The molecule has 1 unspecified atom stereocenters. The standard InChI is InChI=1S/C36H44Cl2N6O3S/c1-22(2)28-31(30(46)29(43-15-5-6-23(43)3)33(47)41-16-17-42(18-19-45)36(21-41)13-14-36)48-34-40-35(4,25-9-12-27(38)39-20-25)32(44(28)34)24-7-10-26(37)11-8-24/h7-12,20,22-23,29,32,45H,5-6,13-19,21H2,1-4H3/t23-,29?,32-,35+/m1/s1. The highest BCUT2D eigenvalue weighted by Gasteiger charge is 2.56. The first-order valence-electron chi connectivity index (χ1n) is 17.1. The molecule has 1 saturated carbocycles. The number of fused-ring (bicyclic) bond motifs is 1. The largest absolute Gasteiger partial charge is 0.395 e. The van der Waals surface area contributed by atoms with Gasteiger partial charge in [0.1, 0.15) is 10.7 Å². The summed E-state index contributed by atoms with van der Waals surface area (Å²) in [5.41, 5.74) is 2.02. The molecule has 5 heterocycles. The van der Waals surface area contributed by atoms with Gasteiger partial charge in [-0.3, -0.25) is 19.4 Å². The van der Waals surface area contributed by atoms with Crippen molar-refractivity contribution in [3.8, 4) is 0 Å². The van der Waals surface area contributed by atoms with Crippen LogP contribution in [-0.4, -0.2) is 104 Å². The molecule has 5 aliphatic rings. The Morgan fingerprint density at radius 3 is 2.44 bits per heavy atom. The third-order valence-electron chi connectivity index (χ3n) is 11.0. The number of aromatic nitrogens is 1. The molecule has 0 radical (unpaired) electrons. The Morgan fingerprint density at radius 2 is 1.83 bits per heavy atom. The molecule has 3 fully saturated rings. The van der Waals surface area contributed by atoms with Gasteiger partial charge in [-0.05, 0) is 87.5 Å². The van der Waals surface area contributed by atoms with Crippen LogP contribution in [-0.2, 0) is 15.1 Å². The lowest BCUT2D eigenvalue weighted by atomic mass is 9.81. The summed E-state index contributed by atoms with van der Waals surface area (Å²) >= 11 is 13.9. The van der Waals surface area contributed by atoms with Gasteiger partial charge < -0.3 is 14.9 Å². The van der Waals surface area contributed by atoms with Crippen molar-refractivity contribution in [2.75, 3.05) is 39.3 Å². The van der Waals surface area contributed by atoms with E-state index in [-0.39, 0.29) is 41.8 Å². The van der Waals surface area contributed by atoms with Crippen molar-refractivity contribution in [2.24, 2.45) is 10.9 Å². The summed E-state index contributed by atoms with van der Waals surface area (Å²) in [7, 11) is 0. The van der Waals surface area contributed by atoms with Gasteiger partial charge in [0, 0.05) is 60.2 Å². The van der Waals surface area contributed by atoms with Crippen molar-refractivity contribution in [2.45, 2.75) is 82.6 Å². The number of aliphatic hydroxyl groups is 1. The van der Waals surface area contributed by atoms with E-state index in [1.165, 1.54) is 11.8 Å². The van der Waals surface area contributed by atoms with Crippen molar-refractivity contribution < 1.29 is 14.7 Å². The van der Waals surface area contributed by atoms with Crippen LogP contribution in [0.4, 0.5) is 0 Å². The molecule has 1 aliphatic carbocycles. The number of aliphatic hydroxyl groups excluding tert-OH is 1. The number of thioether (sulfide) groups is 1. The summed E-state index contributed by atoms with van der Waals surface area (Å²) in [6.07, 6.45) is 5.72. The fraction of sp³-hybridized carbons (Fsp3) is 0.556. The number of nitrogens with zero attached hydrogens (tertiary/aromatic N) is 6. The molecule has 4 atom stereocenters. The van der Waals surface area contributed by atoms with Crippen molar-refractivity contribution in [1.29, 1.82) is 0 Å². The number of amidine groups is 1. The Balaban J connectivity index is 1.28. The maximum atomic E-state index is 15.1. The third kappa shape index (κ3) is 5.80. The number of benzene rings is 1. The van der Waals surface area contributed by atoms with E-state index < -0.39 is 11.6 Å². The summed E-state index contributed by atoms with van der Waals surface area (Å²) in [5.74, 6) is -0.250. The fourth-order valence-electron chi connectivity index (χ4n) is 8.31. The second kappa shape index (κ2) is 13.0. The number of hydrogen-bond acceptors (Lipinski definition) is 9. The fourth-order valence-corrected chi connectivity index (χ4v) is 9.91. The topological polar surface area (TPSA) is 92.6 Å². The van der Waals surface area contributed by atoms with Gasteiger partial charge in [0.25, 0.3) is 0 Å². The van der Waals surface area contributed by atoms with Crippen LogP contribution in [0.3, 0.4) is 0 Å². The van der Waals surface area contributed by atoms with E-state index in [1.54, 1.807) is 12.3 Å². The molecule has 2 aromatic rings. The molecule has 12 heteroatoms. The summed E-state index contributed by atoms with van der Waals surface area (Å²) in [6, 6.07) is 10.5. The van der Waals surface area contributed by atoms with Crippen LogP contribution in [0.1, 0.15) is 70.5 Å². The van der Waals surface area contributed by atoms with E-state index in [9.17, 15) is 9.90 Å². The van der Waals surface area contributed by atoms with Crippen LogP contribution < -0.4 is 0 Å². The predicted molar refractivity (Wildman–Crippen MR) is 191 cm³/mol. The van der Waals surface area contributed by atoms with Crippen LogP contribution >= 0.6 is 35.0 Å². The Labute approximate surface area is 297 Å². The van der Waals surface area contributed by atoms with E-state index in [4.69, 9.17) is 28.2 Å². The molecule has 1 N–H and O–H groups in total. The molecular formula is C36H44Cl2N6O3S. The molecule has 9 nitrogen and oxygen atoms in total. The second-order valence-corrected chi connectivity index (χ2v) is 16.2. The first-order valence-corrected chi connectivity index (χ1v) is 18.7. The number of β-amino-alcohol motifs (C(OH)–C–C–N with tert-alkyl or cyclic N) is 1. The van der Waals surface area contributed by atoms with Crippen LogP contribution in [0, 0.1) is 5.92 Å². The number of aliphatic imine (C=N–C) groups is 1. The normalized spacial score (nSPS) is 27.6. The number of hydrogen-bond donors (Lipinski definition) is 1. The Hall–Kier alpha value is -2.47. The molecule has 1 spiro atoms. The average molecular weight is 712 g/mol. The van der Waals surface area contributed by atoms with Gasteiger partial charge in [-0.15, -0.1) is 0 Å². The first kappa shape index (κ1) is 34.0. The lowest BCUT2D eigenvalue weighted by molar-refractivity contribution is -0.145. The summed E-state index contributed by atoms with van der Waals surface area (Å²) in [5, 5.41) is 11.5. The molecule has 0 bridgehead atoms. The molecule has 256 valence electrons. The van der Waals surface area contributed by atoms with Gasteiger partial charge in [-0.2, -0.15) is 0 Å². The average Bonchev–Trinajstić information content (AvgIpc) is 3.38. The Kier molecular flexibility index (Phi) is 9.22. The molecule has 1 aromatic carbocycles. The van der Waals surface area contributed by atoms with Crippen molar-refractivity contribution in [3.05, 3.63) is 74.5 Å². The third-order valence-corrected chi connectivity index (χ3v) is 12.6. The zero-order chi connectivity index (χ0) is 34.0. The minimum atomic E-state index is -0.889. The van der Waals surface area contributed by atoms with Crippen LogP contribution in [0.25, 0.3) is 0 Å². The van der Waals surface area contributed by atoms with Gasteiger partial charge in [0.15, 0.2) is 17.0 Å². The van der Waals surface area contributed by atoms with Gasteiger partial charge in [0.2, 0.25) is 5.91 Å². The lowest BCUT2D eigenvalue weighted by Gasteiger charge is -2.44. The van der Waals surface area contributed by atoms with Crippen molar-refractivity contribution in [3.63, 3.8) is 0 Å².